The van der Waals surface area contributed by atoms with Gasteiger partial charge in [0, 0.05) is 4.88 Å². The minimum Gasteiger partial charge on any atom is -0.320 e. The first-order chi connectivity index (χ1) is 7.59. The Morgan fingerprint density at radius 1 is 1.06 bits per heavy atom. The van der Waals surface area contributed by atoms with Gasteiger partial charge in [-0.05, 0) is 48.9 Å². The van der Waals surface area contributed by atoms with E-state index in [1.54, 1.807) is 11.3 Å². The van der Waals surface area contributed by atoms with Gasteiger partial charge in [0.2, 0.25) is 0 Å². The molecule has 0 aliphatic rings. The molecule has 0 fully saturated rings. The van der Waals surface area contributed by atoms with Crippen molar-refractivity contribution in [2.45, 2.75) is 26.8 Å². The predicted molar refractivity (Wildman–Crippen MR) is 71.0 cm³/mol. The first-order valence-corrected chi connectivity index (χ1v) is 6.34. The Bertz CT molecular complexity index is 499. The van der Waals surface area contributed by atoms with Gasteiger partial charge in [-0.2, -0.15) is 0 Å². The lowest BCUT2D eigenvalue weighted by Gasteiger charge is -2.15. The van der Waals surface area contributed by atoms with E-state index in [0.717, 1.165) is 0 Å². The summed E-state index contributed by atoms with van der Waals surface area (Å²) in [6, 6.07) is 8.60. The summed E-state index contributed by atoms with van der Waals surface area (Å²) in [5.41, 5.74) is 11.4. The molecule has 2 heteroatoms. The molecule has 1 unspecified atom stereocenters. The van der Waals surface area contributed by atoms with E-state index in [1.807, 2.05) is 0 Å². The van der Waals surface area contributed by atoms with Crippen molar-refractivity contribution >= 4 is 11.3 Å². The lowest BCUT2D eigenvalue weighted by atomic mass is 9.95. The van der Waals surface area contributed by atoms with Crippen LogP contribution in [0.2, 0.25) is 0 Å². The van der Waals surface area contributed by atoms with Crippen LogP contribution < -0.4 is 5.73 Å². The maximum Gasteiger partial charge on any atom is 0.0565 e. The molecule has 0 bridgehead atoms. The molecule has 0 aliphatic heterocycles. The molecule has 1 aromatic heterocycles. The number of aryl methyl sites for hydroxylation is 3. The van der Waals surface area contributed by atoms with E-state index in [9.17, 15) is 0 Å². The van der Waals surface area contributed by atoms with Crippen LogP contribution in [-0.4, -0.2) is 0 Å². The zero-order chi connectivity index (χ0) is 11.7. The minimum atomic E-state index is 0.00569. The van der Waals surface area contributed by atoms with Crippen molar-refractivity contribution in [3.05, 3.63) is 56.8 Å². The lowest BCUT2D eigenvalue weighted by Crippen LogP contribution is -2.13. The Kier molecular flexibility index (Phi) is 3.13. The number of hydrogen-bond acceptors (Lipinski definition) is 2. The van der Waals surface area contributed by atoms with E-state index in [4.69, 9.17) is 5.73 Å². The summed E-state index contributed by atoms with van der Waals surface area (Å²) in [5.74, 6) is 0. The first-order valence-electron chi connectivity index (χ1n) is 5.46. The van der Waals surface area contributed by atoms with E-state index in [2.05, 4.69) is 50.4 Å². The van der Waals surface area contributed by atoms with Crippen LogP contribution in [0, 0.1) is 20.8 Å². The van der Waals surface area contributed by atoms with Crippen LogP contribution in [0.5, 0.6) is 0 Å². The molecule has 1 heterocycles. The van der Waals surface area contributed by atoms with Crippen LogP contribution in [0.25, 0.3) is 0 Å². The number of hydrogen-bond donors (Lipinski definition) is 1. The largest absolute Gasteiger partial charge is 0.320 e. The van der Waals surface area contributed by atoms with Gasteiger partial charge in [-0.15, -0.1) is 11.3 Å². The highest BCUT2D eigenvalue weighted by Crippen LogP contribution is 2.28. The average molecular weight is 231 g/mol. The second-order valence-electron chi connectivity index (χ2n) is 4.27. The Hall–Kier alpha value is -1.12. The van der Waals surface area contributed by atoms with E-state index >= 15 is 0 Å². The van der Waals surface area contributed by atoms with Crippen molar-refractivity contribution in [2.24, 2.45) is 5.73 Å². The number of thiophene rings is 1. The van der Waals surface area contributed by atoms with Gasteiger partial charge in [0.15, 0.2) is 0 Å². The predicted octanol–water partition coefficient (Wildman–Crippen LogP) is 3.72. The van der Waals surface area contributed by atoms with Gasteiger partial charge in [-0.3, -0.25) is 0 Å². The van der Waals surface area contributed by atoms with Crippen LogP contribution >= 0.6 is 11.3 Å². The Morgan fingerprint density at radius 2 is 1.81 bits per heavy atom. The molecule has 2 aromatic rings. The molecule has 0 saturated heterocycles. The highest BCUT2D eigenvalue weighted by Gasteiger charge is 2.14. The minimum absolute atomic E-state index is 0.00569. The van der Waals surface area contributed by atoms with E-state index in [0.29, 0.717) is 0 Å². The van der Waals surface area contributed by atoms with Gasteiger partial charge >= 0.3 is 0 Å². The van der Waals surface area contributed by atoms with Gasteiger partial charge < -0.3 is 5.73 Å². The molecule has 0 amide bonds. The van der Waals surface area contributed by atoms with Crippen molar-refractivity contribution < 1.29 is 0 Å². The van der Waals surface area contributed by atoms with Gasteiger partial charge in [0.05, 0.1) is 6.04 Å². The molecule has 0 spiro atoms. The van der Waals surface area contributed by atoms with Gasteiger partial charge in [-0.25, -0.2) is 0 Å². The highest BCUT2D eigenvalue weighted by atomic mass is 32.1. The third kappa shape index (κ3) is 2.04. The molecule has 0 saturated carbocycles. The quantitative estimate of drug-likeness (QED) is 0.837. The molecular weight excluding hydrogens is 214 g/mol. The molecule has 84 valence electrons. The van der Waals surface area contributed by atoms with Crippen LogP contribution in [0.15, 0.2) is 29.6 Å². The normalized spacial score (nSPS) is 12.8. The van der Waals surface area contributed by atoms with Crippen LogP contribution in [0.3, 0.4) is 0 Å². The van der Waals surface area contributed by atoms with E-state index < -0.39 is 0 Å². The van der Waals surface area contributed by atoms with E-state index in [1.165, 1.54) is 27.1 Å². The fourth-order valence-corrected chi connectivity index (χ4v) is 2.73. The highest BCUT2D eigenvalue weighted by molar-refractivity contribution is 7.10. The summed E-state index contributed by atoms with van der Waals surface area (Å²) in [6.07, 6.45) is 0. The van der Waals surface area contributed by atoms with Gasteiger partial charge in [-0.1, -0.05) is 23.8 Å². The molecule has 2 rings (SSSR count). The lowest BCUT2D eigenvalue weighted by molar-refractivity contribution is 0.858. The Balaban J connectivity index is 2.45. The van der Waals surface area contributed by atoms with Crippen molar-refractivity contribution in [1.29, 1.82) is 0 Å². The van der Waals surface area contributed by atoms with Crippen LogP contribution in [-0.2, 0) is 0 Å². The molecule has 0 radical (unpaired) electrons. The number of rotatable bonds is 2. The summed E-state index contributed by atoms with van der Waals surface area (Å²) >= 11 is 1.76. The Morgan fingerprint density at radius 3 is 2.44 bits per heavy atom. The molecular formula is C14H17NS. The smallest absolute Gasteiger partial charge is 0.0565 e. The third-order valence-electron chi connectivity index (χ3n) is 3.00. The zero-order valence-electron chi connectivity index (χ0n) is 9.95. The third-order valence-corrected chi connectivity index (χ3v) is 3.87. The zero-order valence-corrected chi connectivity index (χ0v) is 10.8. The monoisotopic (exact) mass is 231 g/mol. The first kappa shape index (κ1) is 11.4. The van der Waals surface area contributed by atoms with Gasteiger partial charge in [0.1, 0.15) is 0 Å². The van der Waals surface area contributed by atoms with Crippen LogP contribution in [0.4, 0.5) is 0 Å². The van der Waals surface area contributed by atoms with Crippen molar-refractivity contribution in [1.82, 2.24) is 0 Å². The SMILES string of the molecule is Cc1ccc(C)c(C(N)c2ccsc2C)c1. The number of benzene rings is 1. The molecule has 1 nitrogen and oxygen atoms in total. The second kappa shape index (κ2) is 4.40. The Labute approximate surface area is 101 Å². The summed E-state index contributed by atoms with van der Waals surface area (Å²) in [7, 11) is 0. The topological polar surface area (TPSA) is 26.0 Å². The van der Waals surface area contributed by atoms with Gasteiger partial charge in [0.25, 0.3) is 0 Å². The molecule has 16 heavy (non-hydrogen) atoms. The second-order valence-corrected chi connectivity index (χ2v) is 5.39. The summed E-state index contributed by atoms with van der Waals surface area (Å²) < 4.78 is 0. The fourth-order valence-electron chi connectivity index (χ4n) is 1.98. The standard InChI is InChI=1S/C14H17NS/c1-9-4-5-10(2)13(8-9)14(15)12-6-7-16-11(12)3/h4-8,14H,15H2,1-3H3. The maximum atomic E-state index is 6.34. The summed E-state index contributed by atoms with van der Waals surface area (Å²) in [6.45, 7) is 6.36. The molecule has 0 aliphatic carbocycles. The van der Waals surface area contributed by atoms with E-state index in [-0.39, 0.29) is 6.04 Å². The fraction of sp³-hybridized carbons (Fsp3) is 0.286. The average Bonchev–Trinajstić information content (AvgIpc) is 2.67. The summed E-state index contributed by atoms with van der Waals surface area (Å²) in [4.78, 5) is 1.31. The molecule has 1 atom stereocenters. The van der Waals surface area contributed by atoms with Crippen molar-refractivity contribution in [3.63, 3.8) is 0 Å². The number of nitrogens with two attached hydrogens (primary N) is 1. The summed E-state index contributed by atoms with van der Waals surface area (Å²) in [5, 5.41) is 2.11. The van der Waals surface area contributed by atoms with Crippen molar-refractivity contribution in [2.75, 3.05) is 0 Å². The molecule has 1 aromatic carbocycles. The van der Waals surface area contributed by atoms with Crippen LogP contribution in [0.1, 0.15) is 33.2 Å². The molecule has 2 N–H and O–H groups in total. The van der Waals surface area contributed by atoms with Crippen molar-refractivity contribution in [3.8, 4) is 0 Å². The maximum absolute atomic E-state index is 6.34.